The number of carbonyl (C=O) groups excluding carboxylic acids is 1. The van der Waals surface area contributed by atoms with Gasteiger partial charge in [0.1, 0.15) is 46.3 Å². The summed E-state index contributed by atoms with van der Waals surface area (Å²) in [5.41, 5.74) is 3.33. The second kappa shape index (κ2) is 12.4. The molecule has 1 saturated heterocycles. The highest BCUT2D eigenvalue weighted by atomic mass is 16.5. The van der Waals surface area contributed by atoms with E-state index in [0.29, 0.717) is 77.6 Å². The molecule has 0 saturated carbocycles. The van der Waals surface area contributed by atoms with Gasteiger partial charge in [-0.3, -0.25) is 4.79 Å². The molecule has 3 heterocycles. The smallest absolute Gasteiger partial charge is 0.242 e. The molecule has 4 aromatic rings. The molecular weight excluding hydrogens is 536 g/mol. The number of pyridine rings is 1. The summed E-state index contributed by atoms with van der Waals surface area (Å²) in [5.74, 6) is 4.30. The lowest BCUT2D eigenvalue weighted by Gasteiger charge is -2.34. The summed E-state index contributed by atoms with van der Waals surface area (Å²) < 4.78 is 23.1. The van der Waals surface area contributed by atoms with Crippen molar-refractivity contribution >= 4 is 28.4 Å². The van der Waals surface area contributed by atoms with Crippen LogP contribution in [0.15, 0.2) is 42.7 Å². The molecule has 0 spiro atoms. The minimum Gasteiger partial charge on any atom is -0.497 e. The topological polar surface area (TPSA) is 111 Å². The van der Waals surface area contributed by atoms with E-state index in [2.05, 4.69) is 15.3 Å². The van der Waals surface area contributed by atoms with Gasteiger partial charge in [-0.25, -0.2) is 9.97 Å². The summed E-state index contributed by atoms with van der Waals surface area (Å²) in [4.78, 5) is 30.6. The van der Waals surface area contributed by atoms with Gasteiger partial charge in [-0.2, -0.15) is 4.98 Å². The summed E-state index contributed by atoms with van der Waals surface area (Å²) in [7, 11) is 4.87. The molecule has 2 aromatic heterocycles. The number of aryl methyl sites for hydroxylation is 1. The third-order valence-corrected chi connectivity index (χ3v) is 7.51. The number of anilines is 2. The first-order valence-corrected chi connectivity index (χ1v) is 13.8. The minimum absolute atomic E-state index is 0.0612. The van der Waals surface area contributed by atoms with Crippen molar-refractivity contribution in [3.8, 4) is 28.9 Å². The number of hydrogen-bond donors (Lipinski definition) is 1. The van der Waals surface area contributed by atoms with Gasteiger partial charge >= 0.3 is 0 Å². The highest BCUT2D eigenvalue weighted by molar-refractivity contribution is 5.95. The Bertz CT molecular complexity index is 1610. The van der Waals surface area contributed by atoms with Crippen LogP contribution >= 0.6 is 0 Å². The molecular formula is C31H36N6O5. The molecule has 1 fully saturated rings. The zero-order valence-electron chi connectivity index (χ0n) is 24.9. The van der Waals surface area contributed by atoms with Crippen molar-refractivity contribution in [2.24, 2.45) is 0 Å². The van der Waals surface area contributed by atoms with Crippen LogP contribution in [0.4, 0.5) is 11.6 Å². The maximum absolute atomic E-state index is 12.7. The molecule has 220 valence electrons. The van der Waals surface area contributed by atoms with Gasteiger partial charge in [-0.15, -0.1) is 0 Å². The second-order valence-electron chi connectivity index (χ2n) is 9.97. The lowest BCUT2D eigenvalue weighted by Crippen LogP contribution is -2.50. The van der Waals surface area contributed by atoms with Gasteiger partial charge in [0.25, 0.3) is 0 Å². The van der Waals surface area contributed by atoms with Crippen molar-refractivity contribution in [1.29, 1.82) is 0 Å². The fraction of sp³-hybridized carbons (Fsp3) is 0.355. The Kier molecular flexibility index (Phi) is 8.46. The molecule has 1 amide bonds. The van der Waals surface area contributed by atoms with E-state index < -0.39 is 0 Å². The fourth-order valence-electron chi connectivity index (χ4n) is 5.10. The summed E-state index contributed by atoms with van der Waals surface area (Å²) in [6, 6.07) is 11.4. The average Bonchev–Trinajstić information content (AvgIpc) is 3.01. The van der Waals surface area contributed by atoms with Gasteiger partial charge < -0.3 is 34.1 Å². The summed E-state index contributed by atoms with van der Waals surface area (Å²) in [6.07, 6.45) is 1.51. The zero-order valence-corrected chi connectivity index (χ0v) is 24.9. The Morgan fingerprint density at radius 3 is 2.48 bits per heavy atom. The molecule has 1 aliphatic heterocycles. The minimum atomic E-state index is 0.0612. The normalized spacial score (nSPS) is 13.3. The molecule has 0 aliphatic carbocycles. The van der Waals surface area contributed by atoms with Gasteiger partial charge in [0.15, 0.2) is 0 Å². The van der Waals surface area contributed by atoms with Crippen LogP contribution in [0.2, 0.25) is 0 Å². The number of hydrogen-bond acceptors (Lipinski definition) is 10. The van der Waals surface area contributed by atoms with Crippen LogP contribution in [0, 0.1) is 13.8 Å². The highest BCUT2D eigenvalue weighted by Crippen LogP contribution is 2.39. The number of rotatable bonds is 10. The summed E-state index contributed by atoms with van der Waals surface area (Å²) >= 11 is 0. The Balaban J connectivity index is 1.58. The number of fused-ring (bicyclic) bond motifs is 1. The first-order chi connectivity index (χ1) is 20.4. The molecule has 11 heteroatoms. The number of methoxy groups -OCH3 is 3. The van der Waals surface area contributed by atoms with Crippen molar-refractivity contribution in [2.75, 3.05) is 57.7 Å². The van der Waals surface area contributed by atoms with Crippen molar-refractivity contribution in [3.63, 3.8) is 0 Å². The number of benzene rings is 2. The van der Waals surface area contributed by atoms with Gasteiger partial charge in [0.2, 0.25) is 11.8 Å². The number of carbonyl (C=O) groups is 1. The van der Waals surface area contributed by atoms with E-state index in [4.69, 9.17) is 23.9 Å². The molecule has 0 bridgehead atoms. The fourth-order valence-corrected chi connectivity index (χ4v) is 5.10. The SMILES string of the molecule is CCN1CCN(c2cc3ncnc(NCc4ccc(OC)cc4OC)c3c(Oc3c(C)ccc(OC)c3C)n2)CC1=O. The number of ether oxygens (including phenoxy) is 4. The van der Waals surface area contributed by atoms with Crippen LogP contribution in [0.25, 0.3) is 10.9 Å². The molecule has 0 unspecified atom stereocenters. The molecule has 1 N–H and O–H groups in total. The van der Waals surface area contributed by atoms with E-state index in [9.17, 15) is 4.79 Å². The van der Waals surface area contributed by atoms with E-state index in [-0.39, 0.29) is 12.5 Å². The van der Waals surface area contributed by atoms with Crippen molar-refractivity contribution in [1.82, 2.24) is 19.9 Å². The molecule has 11 nitrogen and oxygen atoms in total. The number of aromatic nitrogens is 3. The predicted octanol–water partition coefficient (Wildman–Crippen LogP) is 4.74. The van der Waals surface area contributed by atoms with Crippen molar-refractivity contribution < 1.29 is 23.7 Å². The van der Waals surface area contributed by atoms with Crippen molar-refractivity contribution in [2.45, 2.75) is 27.3 Å². The number of piperazine rings is 1. The number of nitrogens with one attached hydrogen (secondary N) is 1. The van der Waals surface area contributed by atoms with Gasteiger partial charge in [0, 0.05) is 49.4 Å². The molecule has 42 heavy (non-hydrogen) atoms. The van der Waals surface area contributed by atoms with Crippen LogP contribution in [0.1, 0.15) is 23.6 Å². The van der Waals surface area contributed by atoms with E-state index in [1.165, 1.54) is 6.33 Å². The lowest BCUT2D eigenvalue weighted by atomic mass is 10.1. The summed E-state index contributed by atoms with van der Waals surface area (Å²) in [5, 5.41) is 4.04. The molecule has 2 aromatic carbocycles. The van der Waals surface area contributed by atoms with Crippen LogP contribution < -0.4 is 29.2 Å². The Labute approximate surface area is 245 Å². The first-order valence-electron chi connectivity index (χ1n) is 13.8. The molecule has 0 radical (unpaired) electrons. The standard InChI is InChI=1S/C31H36N6O5/c1-7-36-12-13-37(17-27(36)38)26-15-23-28(31(35-26)42-29-19(2)8-11-24(40-5)20(29)3)30(34-18-33-23)32-16-21-9-10-22(39-4)14-25(21)41-6/h8-11,14-15,18H,7,12-13,16-17H2,1-6H3,(H,32,33,34). The summed E-state index contributed by atoms with van der Waals surface area (Å²) in [6.45, 7) is 8.52. The van der Waals surface area contributed by atoms with E-state index in [0.717, 1.165) is 16.7 Å². The Morgan fingerprint density at radius 2 is 1.76 bits per heavy atom. The quantitative estimate of drug-likeness (QED) is 0.286. The predicted molar refractivity (Wildman–Crippen MR) is 161 cm³/mol. The van der Waals surface area contributed by atoms with Crippen molar-refractivity contribution in [3.05, 3.63) is 59.4 Å². The molecule has 5 rings (SSSR count). The Hall–Kier alpha value is -4.80. The number of likely N-dealkylation sites (N-methyl/N-ethyl adjacent to an activating group) is 1. The number of amides is 1. The van der Waals surface area contributed by atoms with Crippen LogP contribution in [0.5, 0.6) is 28.9 Å². The van der Waals surface area contributed by atoms with E-state index in [1.807, 2.05) is 67.0 Å². The maximum Gasteiger partial charge on any atom is 0.242 e. The highest BCUT2D eigenvalue weighted by Gasteiger charge is 2.26. The first kappa shape index (κ1) is 28.7. The van der Waals surface area contributed by atoms with Gasteiger partial charge in [-0.05, 0) is 44.5 Å². The number of nitrogens with zero attached hydrogens (tertiary/aromatic N) is 5. The second-order valence-corrected chi connectivity index (χ2v) is 9.97. The van der Waals surface area contributed by atoms with Gasteiger partial charge in [-0.1, -0.05) is 6.07 Å². The average molecular weight is 573 g/mol. The van der Waals surface area contributed by atoms with E-state index in [1.54, 1.807) is 21.3 Å². The Morgan fingerprint density at radius 1 is 0.952 bits per heavy atom. The third-order valence-electron chi connectivity index (χ3n) is 7.51. The molecule has 0 atom stereocenters. The van der Waals surface area contributed by atoms with Gasteiger partial charge in [0.05, 0.1) is 33.4 Å². The van der Waals surface area contributed by atoms with E-state index >= 15 is 0 Å². The van der Waals surface area contributed by atoms with Crippen LogP contribution in [-0.4, -0.2) is 73.3 Å². The largest absolute Gasteiger partial charge is 0.497 e. The van der Waals surface area contributed by atoms with Crippen LogP contribution in [-0.2, 0) is 11.3 Å². The zero-order chi connectivity index (χ0) is 29.8. The third kappa shape index (κ3) is 5.67. The monoisotopic (exact) mass is 572 g/mol. The maximum atomic E-state index is 12.7. The van der Waals surface area contributed by atoms with Crippen LogP contribution in [0.3, 0.4) is 0 Å². The lowest BCUT2D eigenvalue weighted by molar-refractivity contribution is -0.130. The molecule has 1 aliphatic rings.